The fourth-order valence-electron chi connectivity index (χ4n) is 9.11. The Hall–Kier alpha value is -8.06. The summed E-state index contributed by atoms with van der Waals surface area (Å²) in [6.07, 6.45) is -0.598. The second-order valence-electron chi connectivity index (χ2n) is 16.3. The zero-order valence-corrected chi connectivity index (χ0v) is 36.2. The number of carbonyl (C=O) groups excluding carboxylic acids is 5. The summed E-state index contributed by atoms with van der Waals surface area (Å²) in [6.45, 7) is 2.62. The second kappa shape index (κ2) is 17.1. The largest absolute Gasteiger partial charge is 0.481 e. The van der Waals surface area contributed by atoms with Crippen molar-refractivity contribution in [3.63, 3.8) is 0 Å². The number of pyridine rings is 4. The van der Waals surface area contributed by atoms with Crippen molar-refractivity contribution in [2.75, 3.05) is 13.1 Å². The monoisotopic (exact) mass is 910 g/mol. The van der Waals surface area contributed by atoms with Crippen molar-refractivity contribution in [3.05, 3.63) is 127 Å². The molecule has 1 amide bonds. The summed E-state index contributed by atoms with van der Waals surface area (Å²) in [4.78, 5) is 109. The van der Waals surface area contributed by atoms with Crippen molar-refractivity contribution in [2.45, 2.75) is 77.0 Å². The number of nitrogens with two attached hydrogens (primary N) is 1. The Morgan fingerprint density at radius 3 is 1.61 bits per heavy atom. The molecule has 0 unspecified atom stereocenters. The summed E-state index contributed by atoms with van der Waals surface area (Å²) in [5, 5.41) is 12.9. The zero-order valence-electron chi connectivity index (χ0n) is 36.2. The molecule has 10 rings (SSSR count). The van der Waals surface area contributed by atoms with Crippen molar-refractivity contribution in [3.8, 4) is 22.8 Å². The van der Waals surface area contributed by atoms with E-state index in [4.69, 9.17) is 39.8 Å². The van der Waals surface area contributed by atoms with E-state index < -0.39 is 53.5 Å². The SMILES string of the molecule is CC[C@@]1(OC(=O)CN)C(=O)OCc2c1cc1n(c2=O)Cc2cc3ccccc3nc2-1.CC[C@@]1(OC(=O)CNC(=O)CCC(=O)O)C(=O)OCc2c1cc1n(c2=O)Cc2cc3ccccc3nc2-1. The fourth-order valence-corrected chi connectivity index (χ4v) is 9.11. The molecule has 342 valence electrons. The number of ether oxygens (including phenoxy) is 4. The molecule has 19 heteroatoms. The van der Waals surface area contributed by atoms with Crippen LogP contribution in [-0.2, 0) is 85.2 Å². The fraction of sp³-hybridized carbons (Fsp3) is 0.292. The molecule has 4 aromatic heterocycles. The van der Waals surface area contributed by atoms with Crippen LogP contribution < -0.4 is 22.2 Å². The van der Waals surface area contributed by atoms with Gasteiger partial charge in [0.15, 0.2) is 0 Å². The predicted molar refractivity (Wildman–Crippen MR) is 236 cm³/mol. The van der Waals surface area contributed by atoms with Gasteiger partial charge in [-0.3, -0.25) is 28.8 Å². The van der Waals surface area contributed by atoms with E-state index >= 15 is 0 Å². The number of carboxylic acids is 1. The van der Waals surface area contributed by atoms with Gasteiger partial charge in [0.1, 0.15) is 19.8 Å². The minimum atomic E-state index is -1.88. The van der Waals surface area contributed by atoms with Crippen molar-refractivity contribution < 1.29 is 52.8 Å². The minimum absolute atomic E-state index is 0.0154. The predicted octanol–water partition coefficient (Wildman–Crippen LogP) is 3.20. The summed E-state index contributed by atoms with van der Waals surface area (Å²) in [5.41, 5.74) is 8.01. The van der Waals surface area contributed by atoms with Gasteiger partial charge in [0.25, 0.3) is 11.1 Å². The molecule has 0 bridgehead atoms. The van der Waals surface area contributed by atoms with Crippen LogP contribution in [0.15, 0.2) is 82.4 Å². The van der Waals surface area contributed by atoms with Crippen LogP contribution in [0.3, 0.4) is 0 Å². The molecule has 67 heavy (non-hydrogen) atoms. The molecular weight excluding hydrogens is 869 g/mol. The highest BCUT2D eigenvalue weighted by molar-refractivity contribution is 5.91. The lowest BCUT2D eigenvalue weighted by Gasteiger charge is -2.35. The first-order valence-corrected chi connectivity index (χ1v) is 21.5. The summed E-state index contributed by atoms with van der Waals surface area (Å²) >= 11 is 0. The topological polar surface area (TPSA) is 267 Å². The normalized spacial score (nSPS) is 18.1. The average molecular weight is 911 g/mol. The average Bonchev–Trinajstić information content (AvgIpc) is 3.88. The number of para-hydroxylation sites is 2. The Morgan fingerprint density at radius 2 is 1.16 bits per heavy atom. The molecule has 0 fully saturated rings. The van der Waals surface area contributed by atoms with Gasteiger partial charge in [-0.15, -0.1) is 0 Å². The van der Waals surface area contributed by atoms with Crippen LogP contribution in [0.2, 0.25) is 0 Å². The van der Waals surface area contributed by atoms with E-state index in [2.05, 4.69) is 5.32 Å². The number of aliphatic carboxylic acids is 1. The first-order valence-electron chi connectivity index (χ1n) is 21.5. The number of rotatable bonds is 10. The molecule has 0 aliphatic carbocycles. The molecule has 0 radical (unpaired) electrons. The smallest absolute Gasteiger partial charge is 0.355 e. The number of esters is 4. The maximum Gasteiger partial charge on any atom is 0.355 e. The van der Waals surface area contributed by atoms with Crippen LogP contribution in [0.4, 0.5) is 0 Å². The molecule has 4 aliphatic rings. The first kappa shape index (κ1) is 44.2. The van der Waals surface area contributed by atoms with Crippen LogP contribution in [0, 0.1) is 0 Å². The lowest BCUT2D eigenvalue weighted by atomic mass is 9.85. The van der Waals surface area contributed by atoms with Crippen LogP contribution in [-0.4, -0.2) is 73.1 Å². The molecule has 0 saturated carbocycles. The summed E-state index contributed by atoms with van der Waals surface area (Å²) in [5.74, 6) is -4.99. The van der Waals surface area contributed by atoms with Gasteiger partial charge in [0.2, 0.25) is 17.1 Å². The molecule has 19 nitrogen and oxygen atoms in total. The van der Waals surface area contributed by atoms with Gasteiger partial charge in [0.05, 0.1) is 71.0 Å². The van der Waals surface area contributed by atoms with E-state index in [1.165, 1.54) is 0 Å². The number of nitrogens with one attached hydrogen (secondary N) is 1. The molecule has 6 aromatic rings. The molecule has 0 spiro atoms. The van der Waals surface area contributed by atoms with E-state index in [0.29, 0.717) is 47.0 Å². The quantitative estimate of drug-likeness (QED) is 0.131. The van der Waals surface area contributed by atoms with E-state index in [0.717, 1.165) is 32.9 Å². The third kappa shape index (κ3) is 7.46. The Balaban J connectivity index is 0.000000171. The number of carbonyl (C=O) groups is 6. The van der Waals surface area contributed by atoms with Gasteiger partial charge >= 0.3 is 29.8 Å². The van der Waals surface area contributed by atoms with Gasteiger partial charge < -0.3 is 44.2 Å². The van der Waals surface area contributed by atoms with E-state index in [9.17, 15) is 38.4 Å². The summed E-state index contributed by atoms with van der Waals surface area (Å²) < 4.78 is 24.8. The second-order valence-corrected chi connectivity index (χ2v) is 16.3. The molecular formula is C48H42N6O13. The van der Waals surface area contributed by atoms with Crippen LogP contribution in [0.25, 0.3) is 44.6 Å². The first-order chi connectivity index (χ1) is 32.2. The van der Waals surface area contributed by atoms with Gasteiger partial charge in [0, 0.05) is 39.4 Å². The lowest BCUT2D eigenvalue weighted by Crippen LogP contribution is -2.48. The third-order valence-corrected chi connectivity index (χ3v) is 12.5. The highest BCUT2D eigenvalue weighted by atomic mass is 16.6. The van der Waals surface area contributed by atoms with Gasteiger partial charge in [-0.1, -0.05) is 50.2 Å². The third-order valence-electron chi connectivity index (χ3n) is 12.5. The zero-order chi connectivity index (χ0) is 47.4. The number of hydrogen-bond acceptors (Lipinski definition) is 15. The van der Waals surface area contributed by atoms with Gasteiger partial charge in [-0.2, -0.15) is 0 Å². The number of cyclic esters (lactones) is 2. The molecule has 4 aliphatic heterocycles. The van der Waals surface area contributed by atoms with Crippen molar-refractivity contribution in [1.82, 2.24) is 24.4 Å². The maximum atomic E-state index is 13.5. The van der Waals surface area contributed by atoms with Crippen molar-refractivity contribution in [2.24, 2.45) is 5.73 Å². The van der Waals surface area contributed by atoms with Crippen molar-refractivity contribution in [1.29, 1.82) is 0 Å². The van der Waals surface area contributed by atoms with E-state index in [1.807, 2.05) is 60.7 Å². The molecule has 0 saturated heterocycles. The molecule has 4 N–H and O–H groups in total. The number of fused-ring (bicyclic) bond motifs is 10. The van der Waals surface area contributed by atoms with Crippen molar-refractivity contribution >= 4 is 57.6 Å². The highest BCUT2D eigenvalue weighted by Gasteiger charge is 2.52. The Morgan fingerprint density at radius 1 is 0.701 bits per heavy atom. The van der Waals surface area contributed by atoms with Crippen LogP contribution in [0.1, 0.15) is 72.9 Å². The summed E-state index contributed by atoms with van der Waals surface area (Å²) in [7, 11) is 0. The Kier molecular flexibility index (Phi) is 11.2. The van der Waals surface area contributed by atoms with Gasteiger partial charge in [-0.05, 0) is 49.2 Å². The lowest BCUT2D eigenvalue weighted by molar-refractivity contribution is -0.189. The number of hydrogen-bond donors (Lipinski definition) is 3. The molecule has 2 aromatic carbocycles. The standard InChI is InChI=1S/C26H23N3O8.C22H19N3O5/c1-2-26(37-22(33)11-27-20(30)7-8-21(31)32)17-10-19-23-15(9-14-5-3-4-6-18(14)28-23)12-29(19)24(34)16(17)13-36-25(26)35;1-2-22(30-18(26)9-23)15-8-17-19-13(7-12-5-3-4-6-16(12)24-19)10-25(17)20(27)14(15)11-29-21(22)28/h3-6,9-10H,2,7-8,11-13H2,1H3,(H,27,30)(H,31,32);3-8H,2,9-11,23H2,1H3/t26-;22-/m00/s1. The Labute approximate surface area is 379 Å². The summed E-state index contributed by atoms with van der Waals surface area (Å²) in [6, 6.07) is 22.7. The number of carboxylic acid groups (broad SMARTS) is 1. The van der Waals surface area contributed by atoms with Crippen LogP contribution >= 0.6 is 0 Å². The van der Waals surface area contributed by atoms with Crippen LogP contribution in [0.5, 0.6) is 0 Å². The highest BCUT2D eigenvalue weighted by Crippen LogP contribution is 2.43. The number of amides is 1. The molecule has 2 atom stereocenters. The van der Waals surface area contributed by atoms with Gasteiger partial charge in [-0.25, -0.2) is 19.6 Å². The number of benzene rings is 2. The van der Waals surface area contributed by atoms with E-state index in [1.54, 1.807) is 35.1 Å². The minimum Gasteiger partial charge on any atom is -0.481 e. The maximum absolute atomic E-state index is 13.5. The number of nitrogens with zero attached hydrogens (tertiary/aromatic N) is 4. The Bertz CT molecular complexity index is 3270. The molecule has 8 heterocycles. The number of aromatic nitrogens is 4. The van der Waals surface area contributed by atoms with E-state index in [-0.39, 0.29) is 67.7 Å².